The third-order valence-corrected chi connectivity index (χ3v) is 5.13. The zero-order valence-electron chi connectivity index (χ0n) is 15.2. The number of hydrogen-bond donors (Lipinski definition) is 1. The normalized spacial score (nSPS) is 11.9. The molecule has 0 unspecified atom stereocenters. The van der Waals surface area contributed by atoms with Gasteiger partial charge < -0.3 is 5.32 Å². The zero-order chi connectivity index (χ0) is 20.9. The highest BCUT2D eigenvalue weighted by molar-refractivity contribution is 7.92. The highest BCUT2D eigenvalue weighted by atomic mass is 32.2. The number of sulfonamides is 1. The molecule has 2 aromatic rings. The molecule has 0 aliphatic rings. The molecular weight excluding hydrogens is 384 g/mol. The summed E-state index contributed by atoms with van der Waals surface area (Å²) >= 11 is 0. The number of nitrogens with one attached hydrogen (secondary N) is 1. The van der Waals surface area contributed by atoms with Crippen molar-refractivity contribution in [3.63, 3.8) is 0 Å². The zero-order valence-corrected chi connectivity index (χ0v) is 16.0. The predicted molar refractivity (Wildman–Crippen MR) is 104 cm³/mol. The average Bonchev–Trinajstić information content (AvgIpc) is 2.62. The lowest BCUT2D eigenvalue weighted by Gasteiger charge is -2.28. The lowest BCUT2D eigenvalue weighted by Crippen LogP contribution is -2.45. The predicted octanol–water partition coefficient (Wildman–Crippen LogP) is 2.45. The van der Waals surface area contributed by atoms with Crippen LogP contribution in [0.3, 0.4) is 0 Å². The molecule has 9 nitrogen and oxygen atoms in total. The topological polar surface area (TPSA) is 133 Å². The summed E-state index contributed by atoms with van der Waals surface area (Å²) in [6, 6.07) is 12.5. The molecule has 0 spiro atoms. The van der Waals surface area contributed by atoms with E-state index in [1.807, 2.05) is 6.07 Å². The Balaban J connectivity index is 2.29. The lowest BCUT2D eigenvalue weighted by atomic mass is 10.1. The quantitative estimate of drug-likeness (QED) is 0.558. The summed E-state index contributed by atoms with van der Waals surface area (Å²) in [5.74, 6) is -0.607. The molecule has 0 fully saturated rings. The molecule has 0 heterocycles. The highest BCUT2D eigenvalue weighted by Gasteiger charge is 2.30. The van der Waals surface area contributed by atoms with Gasteiger partial charge in [0.25, 0.3) is 5.69 Å². The fourth-order valence-electron chi connectivity index (χ4n) is 2.60. The number of hydrogen-bond acceptors (Lipinski definition) is 6. The second kappa shape index (κ2) is 8.49. The van der Waals surface area contributed by atoms with Gasteiger partial charge in [0, 0.05) is 17.8 Å². The Kier molecular flexibility index (Phi) is 6.33. The Hall–Kier alpha value is -3.45. The van der Waals surface area contributed by atoms with Crippen LogP contribution in [0.25, 0.3) is 0 Å². The lowest BCUT2D eigenvalue weighted by molar-refractivity contribution is -0.384. The summed E-state index contributed by atoms with van der Waals surface area (Å²) in [6.45, 7) is 1.39. The first-order valence-electron chi connectivity index (χ1n) is 8.14. The van der Waals surface area contributed by atoms with Gasteiger partial charge in [-0.15, -0.1) is 0 Å². The molecule has 146 valence electrons. The van der Waals surface area contributed by atoms with E-state index >= 15 is 0 Å². The maximum absolute atomic E-state index is 12.6. The molecule has 0 aliphatic heterocycles. The fourth-order valence-corrected chi connectivity index (χ4v) is 3.76. The smallest absolute Gasteiger partial charge is 0.271 e. The van der Waals surface area contributed by atoms with Crippen molar-refractivity contribution in [2.24, 2.45) is 0 Å². The maximum atomic E-state index is 12.6. The van der Waals surface area contributed by atoms with Gasteiger partial charge in [0.2, 0.25) is 15.9 Å². The molecule has 0 aromatic heterocycles. The molecule has 0 saturated heterocycles. The minimum Gasteiger partial charge on any atom is -0.324 e. The molecular formula is C18H18N4O5S. The number of rotatable bonds is 7. The Labute approximate surface area is 162 Å². The van der Waals surface area contributed by atoms with Crippen LogP contribution in [0.15, 0.2) is 48.5 Å². The van der Waals surface area contributed by atoms with Crippen molar-refractivity contribution in [2.75, 3.05) is 15.9 Å². The summed E-state index contributed by atoms with van der Waals surface area (Å²) in [5.41, 5.74) is 0.949. The van der Waals surface area contributed by atoms with Gasteiger partial charge in [0.15, 0.2) is 0 Å². The molecule has 1 amide bonds. The fraction of sp³-hybridized carbons (Fsp3) is 0.222. The number of nitro groups is 1. The summed E-state index contributed by atoms with van der Waals surface area (Å²) in [4.78, 5) is 22.9. The minimum atomic E-state index is -3.90. The molecule has 0 aliphatic carbocycles. The van der Waals surface area contributed by atoms with Crippen molar-refractivity contribution < 1.29 is 18.1 Å². The number of nitro benzene ring substituents is 1. The summed E-state index contributed by atoms with van der Waals surface area (Å²) in [6.07, 6.45) is 1.16. The van der Waals surface area contributed by atoms with Crippen molar-refractivity contribution >= 4 is 33.0 Å². The van der Waals surface area contributed by atoms with Gasteiger partial charge in [-0.2, -0.15) is 5.26 Å². The van der Waals surface area contributed by atoms with E-state index in [0.29, 0.717) is 5.69 Å². The van der Waals surface area contributed by atoms with E-state index in [4.69, 9.17) is 5.26 Å². The Bertz CT molecular complexity index is 1030. The summed E-state index contributed by atoms with van der Waals surface area (Å²) < 4.78 is 25.4. The maximum Gasteiger partial charge on any atom is 0.271 e. The van der Waals surface area contributed by atoms with Crippen molar-refractivity contribution in [3.05, 3.63) is 64.2 Å². The van der Waals surface area contributed by atoms with E-state index < -0.39 is 26.9 Å². The van der Waals surface area contributed by atoms with Crippen LogP contribution in [-0.2, 0) is 21.2 Å². The van der Waals surface area contributed by atoms with Gasteiger partial charge in [0.1, 0.15) is 6.04 Å². The van der Waals surface area contributed by atoms with E-state index in [9.17, 15) is 23.3 Å². The number of nitriles is 1. The molecule has 2 aromatic carbocycles. The van der Waals surface area contributed by atoms with Gasteiger partial charge >= 0.3 is 0 Å². The molecule has 1 atom stereocenters. The van der Waals surface area contributed by atoms with Crippen molar-refractivity contribution in [2.45, 2.75) is 19.4 Å². The number of carbonyl (C=O) groups is 1. The number of carbonyl (C=O) groups excluding carboxylic acids is 1. The third kappa shape index (κ3) is 5.05. The number of nitrogens with zero attached hydrogens (tertiary/aromatic N) is 3. The van der Waals surface area contributed by atoms with Crippen LogP contribution in [0, 0.1) is 21.4 Å². The van der Waals surface area contributed by atoms with Crippen LogP contribution in [0.5, 0.6) is 0 Å². The van der Waals surface area contributed by atoms with Crippen LogP contribution >= 0.6 is 0 Å². The van der Waals surface area contributed by atoms with Gasteiger partial charge in [-0.25, -0.2) is 8.42 Å². The van der Waals surface area contributed by atoms with E-state index in [1.165, 1.54) is 25.1 Å². The number of benzene rings is 2. The molecule has 1 N–H and O–H groups in total. The number of amides is 1. The van der Waals surface area contributed by atoms with Crippen LogP contribution in [0.4, 0.5) is 17.1 Å². The van der Waals surface area contributed by atoms with Crippen LogP contribution in [0.2, 0.25) is 0 Å². The van der Waals surface area contributed by atoms with E-state index in [1.54, 1.807) is 24.3 Å². The number of anilines is 2. The number of non-ortho nitro benzene ring substituents is 1. The van der Waals surface area contributed by atoms with Crippen LogP contribution in [0.1, 0.15) is 12.5 Å². The molecule has 0 radical (unpaired) electrons. The van der Waals surface area contributed by atoms with Gasteiger partial charge in [-0.3, -0.25) is 19.2 Å². The molecule has 10 heteroatoms. The Morgan fingerprint density at radius 2 is 1.93 bits per heavy atom. The standard InChI is InChI=1S/C18H18N4O5S/c1-13(18(23)20-15-8-6-14(7-9-15)10-11-19)21(28(2,26)27)16-4-3-5-17(12-16)22(24)25/h3-9,12-13H,10H2,1-2H3,(H,20,23)/t13-/m0/s1. The first kappa shape index (κ1) is 20.9. The Morgan fingerprint density at radius 3 is 2.46 bits per heavy atom. The van der Waals surface area contributed by atoms with E-state index in [-0.39, 0.29) is 17.8 Å². The average molecular weight is 402 g/mol. The van der Waals surface area contributed by atoms with Crippen molar-refractivity contribution in [1.82, 2.24) is 0 Å². The molecule has 28 heavy (non-hydrogen) atoms. The monoisotopic (exact) mass is 402 g/mol. The molecule has 0 saturated carbocycles. The van der Waals surface area contributed by atoms with Crippen molar-refractivity contribution in [3.8, 4) is 6.07 Å². The largest absolute Gasteiger partial charge is 0.324 e. The van der Waals surface area contributed by atoms with Gasteiger partial charge in [-0.05, 0) is 30.7 Å². The second-order valence-electron chi connectivity index (χ2n) is 6.03. The first-order valence-corrected chi connectivity index (χ1v) is 9.99. The van der Waals surface area contributed by atoms with Gasteiger partial charge in [-0.1, -0.05) is 18.2 Å². The van der Waals surface area contributed by atoms with Gasteiger partial charge in [0.05, 0.1) is 29.4 Å². The molecule has 0 bridgehead atoms. The van der Waals surface area contributed by atoms with E-state index in [0.717, 1.165) is 22.2 Å². The SMILES string of the molecule is C[C@@H](C(=O)Nc1ccc(CC#N)cc1)N(c1cccc([N+](=O)[O-])c1)S(C)(=O)=O. The van der Waals surface area contributed by atoms with Crippen LogP contribution in [-0.4, -0.2) is 31.5 Å². The minimum absolute atomic E-state index is 0.0173. The second-order valence-corrected chi connectivity index (χ2v) is 7.89. The first-order chi connectivity index (χ1) is 13.1. The summed E-state index contributed by atoms with van der Waals surface area (Å²) in [5, 5.41) is 22.3. The van der Waals surface area contributed by atoms with Crippen molar-refractivity contribution in [1.29, 1.82) is 5.26 Å². The third-order valence-electron chi connectivity index (χ3n) is 3.89. The highest BCUT2D eigenvalue weighted by Crippen LogP contribution is 2.25. The molecule has 2 rings (SSSR count). The van der Waals surface area contributed by atoms with E-state index in [2.05, 4.69) is 5.32 Å². The Morgan fingerprint density at radius 1 is 1.29 bits per heavy atom. The summed E-state index contributed by atoms with van der Waals surface area (Å²) in [7, 11) is -3.90. The van der Waals surface area contributed by atoms with Crippen LogP contribution < -0.4 is 9.62 Å².